The van der Waals surface area contributed by atoms with E-state index in [0.717, 1.165) is 4.57 Å². The van der Waals surface area contributed by atoms with Crippen LogP contribution in [0.2, 0.25) is 0 Å². The molecule has 6 aromatic rings. The van der Waals surface area contributed by atoms with Crippen LogP contribution in [0.5, 0.6) is 74.7 Å². The highest BCUT2D eigenvalue weighted by molar-refractivity contribution is 6.55. The summed E-state index contributed by atoms with van der Waals surface area (Å²) >= 11 is 0. The summed E-state index contributed by atoms with van der Waals surface area (Å²) in [6.45, 7) is 0. The van der Waals surface area contributed by atoms with Crippen molar-refractivity contribution < 1.29 is 66.4 Å². The maximum atomic E-state index is 10.9. The predicted octanol–water partition coefficient (Wildman–Crippen LogP) is -3.50. The molecule has 47 heavy (non-hydrogen) atoms. The average Bonchev–Trinajstić information content (AvgIpc) is 3.59. The summed E-state index contributed by atoms with van der Waals surface area (Å²) in [5.74, 6) is -15.6. The van der Waals surface area contributed by atoms with Gasteiger partial charge in [0.15, 0.2) is 46.0 Å². The van der Waals surface area contributed by atoms with Crippen LogP contribution in [0.15, 0.2) is 4.99 Å². The van der Waals surface area contributed by atoms with Crippen LogP contribution >= 0.6 is 0 Å². The summed E-state index contributed by atoms with van der Waals surface area (Å²) in [6.07, 6.45) is 0. The maximum Gasteiger partial charge on any atom is 0.230 e. The third-order valence-electron chi connectivity index (χ3n) is 8.41. The van der Waals surface area contributed by atoms with E-state index in [1.165, 1.54) is 23.5 Å². The molecule has 0 saturated carbocycles. The van der Waals surface area contributed by atoms with E-state index in [2.05, 4.69) is 4.99 Å². The number of nitrogens with two attached hydrogens (primary N) is 1. The number of phenolic OH excluding ortho intramolecular Hbond substituents is 13. The SMILES string of the molecule is Bc1c(O)c(O)c2c3c(O)c(O)c(O)c(O)c3n(/C(N)=N/C(=N)n3c4c(O)c(O)c(O)c(B)c4c4c(O)c(O)c(O)c(O)c43)c2c1B. The first kappa shape index (κ1) is 30.2. The van der Waals surface area contributed by atoms with Crippen LogP contribution < -0.4 is 22.1 Å². The zero-order valence-electron chi connectivity index (χ0n) is 24.2. The van der Waals surface area contributed by atoms with Crippen molar-refractivity contribution in [1.82, 2.24) is 9.13 Å². The first-order valence-corrected chi connectivity index (χ1v) is 13.2. The van der Waals surface area contributed by atoms with Gasteiger partial charge in [-0.15, -0.1) is 0 Å². The second kappa shape index (κ2) is 9.36. The molecule has 21 heteroatoms. The molecule has 0 fully saturated rings. The molecular weight excluding hydrogens is 623 g/mol. The molecule has 6 rings (SSSR count). The Kier molecular flexibility index (Phi) is 6.03. The van der Waals surface area contributed by atoms with E-state index in [-0.39, 0.29) is 32.7 Å². The fraction of sp³-hybridized carbons (Fsp3) is 0. The fourth-order valence-electron chi connectivity index (χ4n) is 5.96. The third kappa shape index (κ3) is 3.46. The molecule has 16 N–H and O–H groups in total. The number of fused-ring (bicyclic) bond motifs is 6. The number of nitrogens with zero attached hydrogens (tertiary/aromatic N) is 3. The Morgan fingerprint density at radius 2 is 0.766 bits per heavy atom. The first-order chi connectivity index (χ1) is 21.9. The minimum atomic E-state index is -1.26. The van der Waals surface area contributed by atoms with Crippen LogP contribution in [0.3, 0.4) is 0 Å². The summed E-state index contributed by atoms with van der Waals surface area (Å²) in [6, 6.07) is 0. The van der Waals surface area contributed by atoms with Crippen LogP contribution in [0, 0.1) is 5.41 Å². The number of hydrogen-bond donors (Lipinski definition) is 15. The van der Waals surface area contributed by atoms with Gasteiger partial charge in [0, 0.05) is 5.39 Å². The zero-order valence-corrected chi connectivity index (χ0v) is 24.2. The van der Waals surface area contributed by atoms with E-state index in [1.807, 2.05) is 0 Å². The second-order valence-corrected chi connectivity index (χ2v) is 10.8. The number of aromatic hydroxyl groups is 13. The van der Waals surface area contributed by atoms with Gasteiger partial charge in [0.25, 0.3) is 0 Å². The molecule has 0 aliphatic heterocycles. The lowest BCUT2D eigenvalue weighted by molar-refractivity contribution is 0.350. The molecule has 2 aromatic heterocycles. The fourth-order valence-corrected chi connectivity index (χ4v) is 5.96. The Bertz CT molecular complexity index is 2370. The van der Waals surface area contributed by atoms with Crippen molar-refractivity contribution in [2.24, 2.45) is 10.7 Å². The summed E-state index contributed by atoms with van der Waals surface area (Å²) in [5.41, 5.74) is 4.42. The largest absolute Gasteiger partial charge is 0.505 e. The lowest BCUT2D eigenvalue weighted by Crippen LogP contribution is -2.32. The molecule has 18 nitrogen and oxygen atoms in total. The lowest BCUT2D eigenvalue weighted by atomic mass is 9.78. The van der Waals surface area contributed by atoms with Crippen molar-refractivity contribution in [2.75, 3.05) is 0 Å². The number of nitrogens with one attached hydrogen (secondary N) is 1. The minimum Gasteiger partial charge on any atom is -0.505 e. The monoisotopic (exact) mass is 645 g/mol. The minimum absolute atomic E-state index is 0.0862. The quantitative estimate of drug-likeness (QED) is 0.0251. The van der Waals surface area contributed by atoms with Crippen LogP contribution in [-0.4, -0.2) is 111 Å². The standard InChI is InChI=1S/C26H22B3N5O13/c27-5-1-2-10(18(41)23(46)20(43)13(2)36)34(9(1)17(40)22(45)15(5)38)26(31)32-25(30)33-8-3(12(35)16(39)7(29)6(8)28)4-11(33)19(42)24(47)21(44)14(4)37/h35-47H,27-29H2,(H3,30,31,32). The van der Waals surface area contributed by atoms with E-state index in [1.54, 1.807) is 0 Å². The Morgan fingerprint density at radius 1 is 0.426 bits per heavy atom. The topological polar surface area (TPSA) is 335 Å². The van der Waals surface area contributed by atoms with E-state index in [9.17, 15) is 66.4 Å². The van der Waals surface area contributed by atoms with Gasteiger partial charge in [0.1, 0.15) is 40.1 Å². The van der Waals surface area contributed by atoms with Gasteiger partial charge < -0.3 is 72.1 Å². The molecule has 0 unspecified atom stereocenters. The zero-order chi connectivity index (χ0) is 34.9. The van der Waals surface area contributed by atoms with E-state index in [0.29, 0.717) is 4.57 Å². The van der Waals surface area contributed by atoms with E-state index >= 15 is 0 Å². The summed E-state index contributed by atoms with van der Waals surface area (Å²) in [5, 5.41) is 145. The van der Waals surface area contributed by atoms with Gasteiger partial charge in [-0.3, -0.25) is 14.5 Å². The number of hydrogen-bond acceptors (Lipinski definition) is 14. The highest BCUT2D eigenvalue weighted by Crippen LogP contribution is 2.55. The summed E-state index contributed by atoms with van der Waals surface area (Å²) < 4.78 is 1.43. The van der Waals surface area contributed by atoms with Gasteiger partial charge >= 0.3 is 0 Å². The molecule has 0 bridgehead atoms. The molecule has 0 spiro atoms. The van der Waals surface area contributed by atoms with E-state index in [4.69, 9.17) is 11.1 Å². The van der Waals surface area contributed by atoms with E-state index < -0.39 is 114 Å². The molecule has 0 atom stereocenters. The number of aromatic nitrogens is 2. The predicted molar refractivity (Wildman–Crippen MR) is 175 cm³/mol. The summed E-state index contributed by atoms with van der Waals surface area (Å²) in [7, 11) is 4.07. The maximum absolute atomic E-state index is 10.9. The van der Waals surface area contributed by atoms with Crippen LogP contribution in [0.4, 0.5) is 0 Å². The van der Waals surface area contributed by atoms with Crippen LogP contribution in [-0.2, 0) is 0 Å². The van der Waals surface area contributed by atoms with Gasteiger partial charge in [-0.1, -0.05) is 5.46 Å². The van der Waals surface area contributed by atoms with Crippen molar-refractivity contribution in [2.45, 2.75) is 0 Å². The van der Waals surface area contributed by atoms with Crippen molar-refractivity contribution in [3.63, 3.8) is 0 Å². The Balaban J connectivity index is 1.80. The highest BCUT2D eigenvalue weighted by Gasteiger charge is 2.33. The smallest absolute Gasteiger partial charge is 0.230 e. The van der Waals surface area contributed by atoms with Crippen LogP contribution in [0.1, 0.15) is 0 Å². The molecule has 0 radical (unpaired) electrons. The number of benzene rings is 4. The Morgan fingerprint density at radius 3 is 1.28 bits per heavy atom. The molecule has 238 valence electrons. The summed E-state index contributed by atoms with van der Waals surface area (Å²) in [4.78, 5) is 3.98. The third-order valence-corrected chi connectivity index (χ3v) is 8.41. The Hall–Kier alpha value is -6.79. The Labute approximate surface area is 261 Å². The second-order valence-electron chi connectivity index (χ2n) is 10.8. The van der Waals surface area contributed by atoms with Crippen molar-refractivity contribution in [1.29, 1.82) is 5.41 Å². The number of phenols is 13. The first-order valence-electron chi connectivity index (χ1n) is 13.2. The van der Waals surface area contributed by atoms with Crippen molar-refractivity contribution in [3.8, 4) is 74.7 Å². The van der Waals surface area contributed by atoms with Gasteiger partial charge in [0.2, 0.25) is 40.7 Å². The van der Waals surface area contributed by atoms with Crippen LogP contribution in [0.25, 0.3) is 43.6 Å². The highest BCUT2D eigenvalue weighted by atomic mass is 16.4. The molecule has 0 saturated heterocycles. The number of rotatable bonds is 0. The van der Waals surface area contributed by atoms with Gasteiger partial charge in [0.05, 0.1) is 21.7 Å². The average molecular weight is 645 g/mol. The van der Waals surface area contributed by atoms with Gasteiger partial charge in [-0.2, -0.15) is 4.99 Å². The molecule has 0 amide bonds. The van der Waals surface area contributed by atoms with Crippen molar-refractivity contribution >= 4 is 95.5 Å². The lowest BCUT2D eigenvalue weighted by Gasteiger charge is -2.14. The molecule has 0 aliphatic rings. The molecular formula is C26H22B3N5O13. The molecule has 0 aliphatic carbocycles. The normalized spacial score (nSPS) is 12.2. The van der Waals surface area contributed by atoms with Crippen molar-refractivity contribution in [3.05, 3.63) is 0 Å². The van der Waals surface area contributed by atoms with Gasteiger partial charge in [-0.25, -0.2) is 0 Å². The molecule has 2 heterocycles. The number of aliphatic imine (C=N–C) groups is 1. The molecule has 4 aromatic carbocycles. The van der Waals surface area contributed by atoms with Gasteiger partial charge in [-0.05, 0) is 10.9 Å².